The van der Waals surface area contributed by atoms with Gasteiger partial charge in [0.25, 0.3) is 0 Å². The molecule has 0 saturated carbocycles. The zero-order valence-corrected chi connectivity index (χ0v) is 22.1. The van der Waals surface area contributed by atoms with E-state index in [-0.39, 0.29) is 17.9 Å². The van der Waals surface area contributed by atoms with E-state index < -0.39 is 5.60 Å². The summed E-state index contributed by atoms with van der Waals surface area (Å²) in [4.78, 5) is 17.5. The Hall–Kier alpha value is -2.53. The lowest BCUT2D eigenvalue weighted by atomic mass is 9.84. The number of aliphatic hydroxyl groups is 1. The van der Waals surface area contributed by atoms with Crippen molar-refractivity contribution < 1.29 is 9.90 Å². The van der Waals surface area contributed by atoms with E-state index in [1.807, 2.05) is 47.4 Å². The maximum Gasteiger partial charge on any atom is 0.222 e. The fraction of sp³-hybridized carbons (Fsp3) is 0.367. The summed E-state index contributed by atoms with van der Waals surface area (Å²) in [6, 6.07) is 24.2. The molecule has 3 aromatic rings. The second-order valence-electron chi connectivity index (χ2n) is 10.2. The molecule has 2 aliphatic rings. The third kappa shape index (κ3) is 5.27. The van der Waals surface area contributed by atoms with E-state index in [9.17, 15) is 9.90 Å². The van der Waals surface area contributed by atoms with Gasteiger partial charge in [-0.05, 0) is 66.3 Å². The molecule has 1 N–H and O–H groups in total. The zero-order valence-electron chi connectivity index (χ0n) is 20.5. The third-order valence-electron chi connectivity index (χ3n) is 7.87. The number of likely N-dealkylation sites (N-methyl/N-ethyl adjacent to an activating group) is 1. The maximum atomic E-state index is 13.3. The minimum Gasteiger partial charge on any atom is -0.389 e. The Morgan fingerprint density at radius 1 is 0.972 bits per heavy atom. The van der Waals surface area contributed by atoms with Crippen LogP contribution < -0.4 is 4.90 Å². The van der Waals surface area contributed by atoms with Gasteiger partial charge in [-0.2, -0.15) is 0 Å². The van der Waals surface area contributed by atoms with Gasteiger partial charge in [0.1, 0.15) is 0 Å². The first-order valence-corrected chi connectivity index (χ1v) is 13.4. The van der Waals surface area contributed by atoms with Gasteiger partial charge in [0, 0.05) is 54.6 Å². The summed E-state index contributed by atoms with van der Waals surface area (Å²) >= 11 is 12.5. The highest BCUT2D eigenvalue weighted by Crippen LogP contribution is 2.51. The van der Waals surface area contributed by atoms with Crippen molar-refractivity contribution in [1.29, 1.82) is 0 Å². The lowest BCUT2D eigenvalue weighted by Gasteiger charge is -2.38. The van der Waals surface area contributed by atoms with Gasteiger partial charge in [-0.1, -0.05) is 65.7 Å². The van der Waals surface area contributed by atoms with Gasteiger partial charge in [-0.3, -0.25) is 4.79 Å². The molecule has 2 aliphatic heterocycles. The molecular formula is C30H32Cl2N2O2. The molecule has 188 valence electrons. The Kier molecular flexibility index (Phi) is 7.30. The molecule has 0 aromatic heterocycles. The van der Waals surface area contributed by atoms with E-state index in [0.717, 1.165) is 17.7 Å². The van der Waals surface area contributed by atoms with E-state index in [2.05, 4.69) is 42.3 Å². The maximum absolute atomic E-state index is 13.3. The number of fused-ring (bicyclic) bond motifs is 1. The van der Waals surface area contributed by atoms with Crippen LogP contribution in [-0.2, 0) is 11.2 Å². The Morgan fingerprint density at radius 2 is 1.64 bits per heavy atom. The molecule has 1 fully saturated rings. The van der Waals surface area contributed by atoms with Crippen molar-refractivity contribution in [3.8, 4) is 0 Å². The topological polar surface area (TPSA) is 43.8 Å². The van der Waals surface area contributed by atoms with E-state index in [1.165, 1.54) is 11.1 Å². The highest BCUT2D eigenvalue weighted by Gasteiger charge is 2.39. The standard InChI is InChI=1S/C30H32Cl2N2O2/c1-33-27-13-11-24(32)19-26(27)25(29(33)22-7-9-23(31)10-8-22)12-14-28(35)34-17-15-30(36,16-18-34)20-21-5-3-2-4-6-21/h2-11,13,19,25,29,36H,12,14-18,20H2,1H3/t25-,29-/m1/s1. The Bertz CT molecular complexity index is 1210. The van der Waals surface area contributed by atoms with Crippen LogP contribution in [0.3, 0.4) is 0 Å². The molecular weight excluding hydrogens is 491 g/mol. The fourth-order valence-electron chi connectivity index (χ4n) is 5.92. The van der Waals surface area contributed by atoms with Crippen molar-refractivity contribution in [3.05, 3.63) is 99.5 Å². The molecule has 0 radical (unpaired) electrons. The van der Waals surface area contributed by atoms with E-state index in [0.29, 0.717) is 48.8 Å². The van der Waals surface area contributed by atoms with Crippen LogP contribution in [0.2, 0.25) is 10.0 Å². The lowest BCUT2D eigenvalue weighted by molar-refractivity contribution is -0.135. The predicted molar refractivity (Wildman–Crippen MR) is 147 cm³/mol. The molecule has 5 rings (SSSR count). The molecule has 0 unspecified atom stereocenters. The first-order chi connectivity index (χ1) is 17.3. The van der Waals surface area contributed by atoms with Gasteiger partial charge in [-0.15, -0.1) is 0 Å². The zero-order chi connectivity index (χ0) is 25.3. The summed E-state index contributed by atoms with van der Waals surface area (Å²) in [7, 11) is 2.10. The van der Waals surface area contributed by atoms with Gasteiger partial charge in [0.15, 0.2) is 0 Å². The molecule has 0 spiro atoms. The first-order valence-electron chi connectivity index (χ1n) is 12.6. The van der Waals surface area contributed by atoms with Crippen LogP contribution in [0.25, 0.3) is 0 Å². The molecule has 2 atom stereocenters. The monoisotopic (exact) mass is 522 g/mol. The molecule has 4 nitrogen and oxygen atoms in total. The number of carbonyl (C=O) groups is 1. The smallest absolute Gasteiger partial charge is 0.222 e. The Morgan fingerprint density at radius 3 is 2.33 bits per heavy atom. The number of carbonyl (C=O) groups excluding carboxylic acids is 1. The summed E-state index contributed by atoms with van der Waals surface area (Å²) in [6.07, 6.45) is 3.03. The van der Waals surface area contributed by atoms with Crippen LogP contribution in [0.5, 0.6) is 0 Å². The van der Waals surface area contributed by atoms with Crippen molar-refractivity contribution in [2.45, 2.75) is 49.7 Å². The molecule has 1 saturated heterocycles. The van der Waals surface area contributed by atoms with Crippen molar-refractivity contribution >= 4 is 34.8 Å². The number of amides is 1. The van der Waals surface area contributed by atoms with Crippen LogP contribution in [0, 0.1) is 0 Å². The van der Waals surface area contributed by atoms with Gasteiger partial charge in [0.2, 0.25) is 5.91 Å². The van der Waals surface area contributed by atoms with E-state index in [4.69, 9.17) is 23.2 Å². The number of hydrogen-bond donors (Lipinski definition) is 1. The SMILES string of the molecule is CN1c2ccc(Cl)cc2[C@@H](CCC(=O)N2CCC(O)(Cc3ccccc3)CC2)[C@H]1c1ccc(Cl)cc1. The van der Waals surface area contributed by atoms with Crippen LogP contribution >= 0.6 is 23.2 Å². The summed E-state index contributed by atoms with van der Waals surface area (Å²) in [5, 5.41) is 12.5. The minimum atomic E-state index is -0.748. The average molecular weight is 524 g/mol. The van der Waals surface area contributed by atoms with Gasteiger partial charge >= 0.3 is 0 Å². The van der Waals surface area contributed by atoms with E-state index in [1.54, 1.807) is 0 Å². The number of likely N-dealkylation sites (tertiary alicyclic amines) is 1. The average Bonchev–Trinajstić information content (AvgIpc) is 3.14. The highest BCUT2D eigenvalue weighted by atomic mass is 35.5. The first kappa shape index (κ1) is 25.1. The summed E-state index contributed by atoms with van der Waals surface area (Å²) in [6.45, 7) is 1.19. The molecule has 36 heavy (non-hydrogen) atoms. The predicted octanol–water partition coefficient (Wildman–Crippen LogP) is 6.64. The molecule has 0 bridgehead atoms. The number of anilines is 1. The molecule has 2 heterocycles. The number of piperidine rings is 1. The summed E-state index contributed by atoms with van der Waals surface area (Å²) in [5.74, 6) is 0.304. The number of rotatable bonds is 6. The largest absolute Gasteiger partial charge is 0.389 e. The Balaban J connectivity index is 1.26. The van der Waals surface area contributed by atoms with Crippen LogP contribution in [-0.4, -0.2) is 41.7 Å². The second kappa shape index (κ2) is 10.5. The number of benzene rings is 3. The number of nitrogens with zero attached hydrogens (tertiary/aromatic N) is 2. The van der Waals surface area contributed by atoms with Crippen molar-refractivity contribution in [3.63, 3.8) is 0 Å². The van der Waals surface area contributed by atoms with Gasteiger partial charge < -0.3 is 14.9 Å². The molecule has 1 amide bonds. The van der Waals surface area contributed by atoms with Crippen LogP contribution in [0.1, 0.15) is 54.3 Å². The highest BCUT2D eigenvalue weighted by molar-refractivity contribution is 6.31. The van der Waals surface area contributed by atoms with Crippen LogP contribution in [0.15, 0.2) is 72.8 Å². The number of hydrogen-bond acceptors (Lipinski definition) is 3. The minimum absolute atomic E-state index is 0.112. The second-order valence-corrected chi connectivity index (χ2v) is 11.1. The van der Waals surface area contributed by atoms with Crippen molar-refractivity contribution in [2.24, 2.45) is 0 Å². The van der Waals surface area contributed by atoms with E-state index >= 15 is 0 Å². The quantitative estimate of drug-likeness (QED) is 0.394. The third-order valence-corrected chi connectivity index (χ3v) is 8.36. The normalized spacial score (nSPS) is 20.9. The van der Waals surface area contributed by atoms with Gasteiger partial charge in [0.05, 0.1) is 11.6 Å². The van der Waals surface area contributed by atoms with Crippen molar-refractivity contribution in [2.75, 3.05) is 25.0 Å². The van der Waals surface area contributed by atoms with Crippen molar-refractivity contribution in [1.82, 2.24) is 4.90 Å². The lowest BCUT2D eigenvalue weighted by Crippen LogP contribution is -2.47. The Labute approximate surface area is 223 Å². The molecule has 3 aromatic carbocycles. The molecule has 0 aliphatic carbocycles. The summed E-state index contributed by atoms with van der Waals surface area (Å²) in [5.41, 5.74) is 3.91. The molecule has 6 heteroatoms. The van der Waals surface area contributed by atoms with Crippen LogP contribution in [0.4, 0.5) is 5.69 Å². The summed E-state index contributed by atoms with van der Waals surface area (Å²) < 4.78 is 0. The fourth-order valence-corrected chi connectivity index (χ4v) is 6.23. The van der Waals surface area contributed by atoms with Gasteiger partial charge in [-0.25, -0.2) is 0 Å². The number of halogens is 2.